The maximum absolute atomic E-state index is 13.7. The van der Waals surface area contributed by atoms with Gasteiger partial charge in [-0.1, -0.05) is 25.1 Å². The van der Waals surface area contributed by atoms with Gasteiger partial charge in [-0.15, -0.1) is 0 Å². The number of ether oxygens (including phenoxy) is 3. The molecule has 184 valence electrons. The predicted molar refractivity (Wildman–Crippen MR) is 126 cm³/mol. The summed E-state index contributed by atoms with van der Waals surface area (Å²) in [5, 5.41) is 12.6. The van der Waals surface area contributed by atoms with Crippen molar-refractivity contribution in [3.8, 4) is 5.75 Å². The molecule has 0 radical (unpaired) electrons. The molecule has 0 bridgehead atoms. The van der Waals surface area contributed by atoms with Crippen LogP contribution in [0.4, 0.5) is 5.69 Å². The number of fused-ring (bicyclic) bond motifs is 1. The van der Waals surface area contributed by atoms with Gasteiger partial charge in [0, 0.05) is 49.1 Å². The number of aliphatic hydroxyl groups is 1. The van der Waals surface area contributed by atoms with Crippen molar-refractivity contribution in [2.24, 2.45) is 5.41 Å². The first-order valence-corrected chi connectivity index (χ1v) is 12.1. The Hall–Kier alpha value is -2.58. The molecule has 3 aliphatic heterocycles. The zero-order valence-corrected chi connectivity index (χ0v) is 20.5. The predicted octanol–water partition coefficient (Wildman–Crippen LogP) is 2.03. The highest BCUT2D eigenvalue weighted by atomic mass is 16.6. The second-order valence-electron chi connectivity index (χ2n) is 9.99. The second kappa shape index (κ2) is 7.71. The van der Waals surface area contributed by atoms with Crippen molar-refractivity contribution < 1.29 is 28.9 Å². The van der Waals surface area contributed by atoms with E-state index < -0.39 is 40.5 Å². The van der Waals surface area contributed by atoms with Crippen molar-refractivity contribution in [1.29, 1.82) is 0 Å². The molecule has 3 heterocycles. The zero-order valence-electron chi connectivity index (χ0n) is 20.5. The molecule has 2 fully saturated rings. The Bertz CT molecular complexity index is 1060. The van der Waals surface area contributed by atoms with Crippen molar-refractivity contribution in [2.45, 2.75) is 62.8 Å². The Kier molecular flexibility index (Phi) is 5.26. The molecule has 1 saturated carbocycles. The van der Waals surface area contributed by atoms with Crippen LogP contribution in [0.5, 0.6) is 5.75 Å². The number of rotatable bonds is 5. The zero-order chi connectivity index (χ0) is 24.5. The molecule has 1 saturated heterocycles. The van der Waals surface area contributed by atoms with Gasteiger partial charge in [0.05, 0.1) is 19.8 Å². The first-order valence-electron chi connectivity index (χ1n) is 12.1. The molecule has 1 aliphatic carbocycles. The van der Waals surface area contributed by atoms with Crippen LogP contribution in [-0.2, 0) is 24.5 Å². The Morgan fingerprint density at radius 1 is 1.24 bits per heavy atom. The van der Waals surface area contributed by atoms with Gasteiger partial charge in [-0.25, -0.2) is 4.79 Å². The lowest BCUT2D eigenvalue weighted by atomic mass is 9.47. The Morgan fingerprint density at radius 2 is 2.00 bits per heavy atom. The normalized spacial score (nSPS) is 37.6. The van der Waals surface area contributed by atoms with E-state index >= 15 is 0 Å². The fourth-order valence-electron chi connectivity index (χ4n) is 7.76. The van der Waals surface area contributed by atoms with Crippen LogP contribution in [0.1, 0.15) is 39.2 Å². The summed E-state index contributed by atoms with van der Waals surface area (Å²) >= 11 is 0. The van der Waals surface area contributed by atoms with Gasteiger partial charge in [0.2, 0.25) is 5.60 Å². The molecule has 0 aromatic heterocycles. The standard InChI is InChI=1S/C26H34N2O6/c1-6-24-11-8-13-28-14-12-25(20(24)28)18-10-9-17(32-5)15-19(18)27(4)21(25)26(31,23(30)33-7-2)22(24)34-16(3)29/h8-11,15,20-22,31H,6-7,12-14H2,1-5H3/t20-,21+,22+,24+,25+,26-/m0/s1. The number of hydrogen-bond donors (Lipinski definition) is 1. The lowest BCUT2D eigenvalue weighted by Crippen LogP contribution is -2.81. The van der Waals surface area contributed by atoms with E-state index in [2.05, 4.69) is 23.1 Å². The number of esters is 2. The van der Waals surface area contributed by atoms with Crippen molar-refractivity contribution >= 4 is 17.6 Å². The van der Waals surface area contributed by atoms with E-state index in [1.54, 1.807) is 14.0 Å². The van der Waals surface area contributed by atoms with Gasteiger partial charge in [-0.05, 0) is 37.9 Å². The Morgan fingerprint density at radius 3 is 2.65 bits per heavy atom. The molecule has 6 atom stereocenters. The summed E-state index contributed by atoms with van der Waals surface area (Å²) in [6, 6.07) is 5.25. The second-order valence-corrected chi connectivity index (χ2v) is 9.99. The lowest BCUT2D eigenvalue weighted by Gasteiger charge is -2.63. The molecule has 1 N–H and O–H groups in total. The fourth-order valence-corrected chi connectivity index (χ4v) is 7.76. The average Bonchev–Trinajstić information content (AvgIpc) is 3.33. The largest absolute Gasteiger partial charge is 0.497 e. The molecule has 1 aromatic rings. The molecule has 0 unspecified atom stereocenters. The summed E-state index contributed by atoms with van der Waals surface area (Å²) in [6.07, 6.45) is 4.42. The van der Waals surface area contributed by atoms with Crippen LogP contribution in [0.25, 0.3) is 0 Å². The van der Waals surface area contributed by atoms with E-state index in [1.807, 2.05) is 31.0 Å². The summed E-state index contributed by atoms with van der Waals surface area (Å²) in [6.45, 7) is 6.79. The third kappa shape index (κ3) is 2.61. The summed E-state index contributed by atoms with van der Waals surface area (Å²) in [5.41, 5.74) is -1.40. The van der Waals surface area contributed by atoms with Crippen LogP contribution in [0, 0.1) is 5.41 Å². The summed E-state index contributed by atoms with van der Waals surface area (Å²) in [7, 11) is 3.52. The minimum Gasteiger partial charge on any atom is -0.497 e. The monoisotopic (exact) mass is 470 g/mol. The molecule has 34 heavy (non-hydrogen) atoms. The number of likely N-dealkylation sites (N-methyl/N-ethyl adjacent to an activating group) is 1. The Labute approximate surface area is 200 Å². The third-order valence-electron chi connectivity index (χ3n) is 8.71. The molecule has 1 aromatic carbocycles. The summed E-state index contributed by atoms with van der Waals surface area (Å²) in [5.74, 6) is -0.575. The number of carbonyl (C=O) groups is 2. The highest BCUT2D eigenvalue weighted by Crippen LogP contribution is 2.67. The van der Waals surface area contributed by atoms with Crippen molar-refractivity contribution in [3.63, 3.8) is 0 Å². The highest BCUT2D eigenvalue weighted by molar-refractivity contribution is 5.87. The van der Waals surface area contributed by atoms with Gasteiger partial charge in [0.1, 0.15) is 5.75 Å². The molecular weight excluding hydrogens is 436 g/mol. The van der Waals surface area contributed by atoms with Crippen LogP contribution >= 0.6 is 0 Å². The van der Waals surface area contributed by atoms with Crippen molar-refractivity contribution in [3.05, 3.63) is 35.9 Å². The van der Waals surface area contributed by atoms with Crippen molar-refractivity contribution in [2.75, 3.05) is 38.8 Å². The van der Waals surface area contributed by atoms with E-state index in [0.717, 1.165) is 30.8 Å². The maximum atomic E-state index is 13.7. The molecule has 4 aliphatic rings. The number of anilines is 1. The minimum atomic E-state index is -2.08. The topological polar surface area (TPSA) is 88.5 Å². The van der Waals surface area contributed by atoms with Crippen molar-refractivity contribution in [1.82, 2.24) is 4.90 Å². The highest BCUT2D eigenvalue weighted by Gasteiger charge is 2.80. The molecule has 8 heteroatoms. The molecule has 8 nitrogen and oxygen atoms in total. The van der Waals surface area contributed by atoms with E-state index in [1.165, 1.54) is 6.92 Å². The summed E-state index contributed by atoms with van der Waals surface area (Å²) in [4.78, 5) is 30.5. The maximum Gasteiger partial charge on any atom is 0.344 e. The van der Waals surface area contributed by atoms with Gasteiger partial charge < -0.3 is 24.2 Å². The van der Waals surface area contributed by atoms with Gasteiger partial charge in [0.25, 0.3) is 0 Å². The van der Waals surface area contributed by atoms with Crippen LogP contribution in [0.2, 0.25) is 0 Å². The van der Waals surface area contributed by atoms with Crippen LogP contribution in [0.3, 0.4) is 0 Å². The first-order chi connectivity index (χ1) is 16.2. The van der Waals surface area contributed by atoms with E-state index in [-0.39, 0.29) is 12.6 Å². The van der Waals surface area contributed by atoms with E-state index in [0.29, 0.717) is 12.2 Å². The smallest absolute Gasteiger partial charge is 0.344 e. The number of carbonyl (C=O) groups excluding carboxylic acids is 2. The molecule has 0 amide bonds. The molecule has 1 spiro atoms. The van der Waals surface area contributed by atoms with Gasteiger partial charge in [-0.3, -0.25) is 9.69 Å². The third-order valence-corrected chi connectivity index (χ3v) is 8.71. The number of hydrogen-bond acceptors (Lipinski definition) is 8. The lowest BCUT2D eigenvalue weighted by molar-refractivity contribution is -0.229. The first kappa shape index (κ1) is 23.2. The minimum absolute atomic E-state index is 0.0591. The average molecular weight is 471 g/mol. The molecule has 5 rings (SSSR count). The quantitative estimate of drug-likeness (QED) is 0.517. The van der Waals surface area contributed by atoms with Crippen LogP contribution in [0.15, 0.2) is 30.4 Å². The van der Waals surface area contributed by atoms with Gasteiger partial charge >= 0.3 is 11.9 Å². The SMILES string of the molecule is CCOC(=O)[C@@]1(O)[C@H](OC(C)=O)[C@]2(CC)C=CCN3CC[C@@]4(c5ccc(OC)cc5N(C)[C@@H]14)[C@@H]32. The number of benzene rings is 1. The van der Waals surface area contributed by atoms with Gasteiger partial charge in [0.15, 0.2) is 6.10 Å². The number of nitrogens with zero attached hydrogens (tertiary/aromatic N) is 2. The van der Waals surface area contributed by atoms with E-state index in [9.17, 15) is 14.7 Å². The van der Waals surface area contributed by atoms with Gasteiger partial charge in [-0.2, -0.15) is 0 Å². The van der Waals surface area contributed by atoms with Crippen LogP contribution < -0.4 is 9.64 Å². The Balaban J connectivity index is 1.85. The number of methoxy groups -OCH3 is 1. The fraction of sp³-hybridized carbons (Fsp3) is 0.615. The molecular formula is C26H34N2O6. The summed E-state index contributed by atoms with van der Waals surface area (Å²) < 4.78 is 16.9. The van der Waals surface area contributed by atoms with E-state index in [4.69, 9.17) is 14.2 Å². The van der Waals surface area contributed by atoms with Crippen LogP contribution in [-0.4, -0.2) is 79.6 Å².